The largest absolute Gasteiger partial charge is 0.493 e. The number of hydrogen-bond donors (Lipinski definition) is 1. The second-order valence-electron chi connectivity index (χ2n) is 6.36. The molecule has 1 aliphatic heterocycles. The van der Waals surface area contributed by atoms with Crippen LogP contribution < -0.4 is 15.2 Å². The van der Waals surface area contributed by atoms with Crippen molar-refractivity contribution in [3.63, 3.8) is 0 Å². The Bertz CT molecular complexity index is 698. The van der Waals surface area contributed by atoms with E-state index < -0.39 is 0 Å². The summed E-state index contributed by atoms with van der Waals surface area (Å²) in [5.74, 6) is 1.63. The Balaban J connectivity index is 1.74. The molecule has 3 rings (SSSR count). The lowest BCUT2D eigenvalue weighted by Crippen LogP contribution is -2.35. The molecule has 0 amide bonds. The van der Waals surface area contributed by atoms with Gasteiger partial charge in [0.1, 0.15) is 0 Å². The number of fused-ring (bicyclic) bond motifs is 1. The molecule has 0 bridgehead atoms. The molecule has 0 aromatic heterocycles. The molecule has 1 aliphatic rings. The first-order chi connectivity index (χ1) is 11.6. The zero-order valence-corrected chi connectivity index (χ0v) is 14.7. The number of hydrogen-bond acceptors (Lipinski definition) is 4. The van der Waals surface area contributed by atoms with Gasteiger partial charge in [-0.25, -0.2) is 0 Å². The fraction of sp³-hybridized carbons (Fsp3) is 0.400. The van der Waals surface area contributed by atoms with E-state index in [1.165, 1.54) is 16.7 Å². The molecule has 1 heterocycles. The van der Waals surface area contributed by atoms with Crippen molar-refractivity contribution >= 4 is 5.69 Å². The van der Waals surface area contributed by atoms with Crippen LogP contribution in [0.2, 0.25) is 0 Å². The maximum atomic E-state index is 5.76. The molecule has 2 aromatic carbocycles. The minimum atomic E-state index is 0.377. The SMILES string of the molecule is COc1cc2c(cc1OC)C(C)N(CCc1ccc(N)cc1)CC2. The van der Waals surface area contributed by atoms with Crippen molar-refractivity contribution < 1.29 is 9.47 Å². The van der Waals surface area contributed by atoms with Gasteiger partial charge >= 0.3 is 0 Å². The first-order valence-electron chi connectivity index (χ1n) is 8.45. The highest BCUT2D eigenvalue weighted by atomic mass is 16.5. The summed E-state index contributed by atoms with van der Waals surface area (Å²) in [5, 5.41) is 0. The summed E-state index contributed by atoms with van der Waals surface area (Å²) in [4.78, 5) is 2.53. The fourth-order valence-electron chi connectivity index (χ4n) is 3.46. The van der Waals surface area contributed by atoms with Crippen LogP contribution in [0.5, 0.6) is 11.5 Å². The predicted molar refractivity (Wildman–Crippen MR) is 97.8 cm³/mol. The summed E-state index contributed by atoms with van der Waals surface area (Å²) in [5.41, 5.74) is 10.6. The van der Waals surface area contributed by atoms with Crippen LogP contribution in [0.1, 0.15) is 29.7 Å². The highest BCUT2D eigenvalue weighted by Gasteiger charge is 2.25. The topological polar surface area (TPSA) is 47.7 Å². The Labute approximate surface area is 144 Å². The minimum absolute atomic E-state index is 0.377. The van der Waals surface area contributed by atoms with Gasteiger partial charge in [-0.2, -0.15) is 0 Å². The second kappa shape index (κ2) is 7.14. The third-order valence-corrected chi connectivity index (χ3v) is 4.98. The van der Waals surface area contributed by atoms with E-state index in [-0.39, 0.29) is 0 Å². The summed E-state index contributed by atoms with van der Waals surface area (Å²) in [6.07, 6.45) is 2.08. The normalized spacial score (nSPS) is 17.4. The van der Waals surface area contributed by atoms with E-state index in [1.54, 1.807) is 14.2 Å². The van der Waals surface area contributed by atoms with Gasteiger partial charge in [0.2, 0.25) is 0 Å². The molecule has 2 N–H and O–H groups in total. The molecule has 0 saturated carbocycles. The monoisotopic (exact) mass is 326 g/mol. The second-order valence-corrected chi connectivity index (χ2v) is 6.36. The van der Waals surface area contributed by atoms with E-state index in [0.717, 1.165) is 43.1 Å². The lowest BCUT2D eigenvalue weighted by atomic mass is 9.92. The van der Waals surface area contributed by atoms with Crippen molar-refractivity contribution in [3.05, 3.63) is 53.1 Å². The number of nitrogens with zero attached hydrogens (tertiary/aromatic N) is 1. The van der Waals surface area contributed by atoms with E-state index in [1.807, 2.05) is 12.1 Å². The fourth-order valence-corrected chi connectivity index (χ4v) is 3.46. The van der Waals surface area contributed by atoms with Gasteiger partial charge in [-0.3, -0.25) is 4.90 Å². The van der Waals surface area contributed by atoms with Gasteiger partial charge in [0.15, 0.2) is 11.5 Å². The van der Waals surface area contributed by atoms with E-state index in [9.17, 15) is 0 Å². The van der Waals surface area contributed by atoms with Crippen LogP contribution in [0, 0.1) is 0 Å². The number of ether oxygens (including phenoxy) is 2. The van der Waals surface area contributed by atoms with Crippen LogP contribution >= 0.6 is 0 Å². The standard InChI is InChI=1S/C20H26N2O2/c1-14-18-13-20(24-3)19(23-2)12-16(18)9-11-22(14)10-8-15-4-6-17(21)7-5-15/h4-7,12-14H,8-11,21H2,1-3H3. The number of benzene rings is 2. The quantitative estimate of drug-likeness (QED) is 0.855. The van der Waals surface area contributed by atoms with Crippen LogP contribution in [0.3, 0.4) is 0 Å². The average molecular weight is 326 g/mol. The molecular formula is C20H26N2O2. The number of nitrogens with two attached hydrogens (primary N) is 1. The molecule has 0 fully saturated rings. The summed E-state index contributed by atoms with van der Waals surface area (Å²) >= 11 is 0. The van der Waals surface area contributed by atoms with Gasteiger partial charge in [0.25, 0.3) is 0 Å². The Morgan fingerprint density at radius 2 is 1.75 bits per heavy atom. The van der Waals surface area contributed by atoms with Gasteiger partial charge < -0.3 is 15.2 Å². The van der Waals surface area contributed by atoms with Crippen molar-refractivity contribution in [2.75, 3.05) is 33.0 Å². The number of nitrogen functional groups attached to an aromatic ring is 1. The minimum Gasteiger partial charge on any atom is -0.493 e. The first-order valence-corrected chi connectivity index (χ1v) is 8.45. The summed E-state index contributed by atoms with van der Waals surface area (Å²) in [6, 6.07) is 12.8. The van der Waals surface area contributed by atoms with Crippen molar-refractivity contribution in [1.29, 1.82) is 0 Å². The van der Waals surface area contributed by atoms with Gasteiger partial charge in [-0.15, -0.1) is 0 Å². The van der Waals surface area contributed by atoms with Crippen LogP contribution in [0.25, 0.3) is 0 Å². The number of anilines is 1. The van der Waals surface area contributed by atoms with E-state index in [4.69, 9.17) is 15.2 Å². The van der Waals surface area contributed by atoms with E-state index in [0.29, 0.717) is 6.04 Å². The zero-order valence-electron chi connectivity index (χ0n) is 14.7. The van der Waals surface area contributed by atoms with Crippen LogP contribution in [0.4, 0.5) is 5.69 Å². The molecule has 0 aliphatic carbocycles. The van der Waals surface area contributed by atoms with Crippen molar-refractivity contribution in [3.8, 4) is 11.5 Å². The van der Waals surface area contributed by atoms with Gasteiger partial charge in [0.05, 0.1) is 14.2 Å². The van der Waals surface area contributed by atoms with Crippen LogP contribution in [0.15, 0.2) is 36.4 Å². The maximum Gasteiger partial charge on any atom is 0.161 e. The Kier molecular flexibility index (Phi) is 4.95. The van der Waals surface area contributed by atoms with Gasteiger partial charge in [0, 0.05) is 24.8 Å². The molecule has 4 heteroatoms. The lowest BCUT2D eigenvalue weighted by Gasteiger charge is -2.35. The lowest BCUT2D eigenvalue weighted by molar-refractivity contribution is 0.200. The molecule has 0 spiro atoms. The Morgan fingerprint density at radius 3 is 2.42 bits per heavy atom. The van der Waals surface area contributed by atoms with Crippen LogP contribution in [-0.2, 0) is 12.8 Å². The molecule has 1 unspecified atom stereocenters. The number of rotatable bonds is 5. The zero-order chi connectivity index (χ0) is 17.1. The highest BCUT2D eigenvalue weighted by molar-refractivity contribution is 5.49. The molecule has 1 atom stereocenters. The van der Waals surface area contributed by atoms with Crippen LogP contribution in [-0.4, -0.2) is 32.2 Å². The smallest absolute Gasteiger partial charge is 0.161 e. The summed E-state index contributed by atoms with van der Waals surface area (Å²) < 4.78 is 10.9. The molecule has 0 radical (unpaired) electrons. The number of methoxy groups -OCH3 is 2. The average Bonchev–Trinajstić information content (AvgIpc) is 2.61. The van der Waals surface area contributed by atoms with Crippen molar-refractivity contribution in [2.45, 2.75) is 25.8 Å². The third kappa shape index (κ3) is 3.34. The van der Waals surface area contributed by atoms with Crippen molar-refractivity contribution in [2.24, 2.45) is 0 Å². The Morgan fingerprint density at radius 1 is 1.08 bits per heavy atom. The Hall–Kier alpha value is -2.20. The summed E-state index contributed by atoms with van der Waals surface area (Å²) in [6.45, 7) is 4.38. The van der Waals surface area contributed by atoms with Gasteiger partial charge in [-0.1, -0.05) is 12.1 Å². The maximum absolute atomic E-state index is 5.76. The molecule has 4 nitrogen and oxygen atoms in total. The molecule has 2 aromatic rings. The van der Waals surface area contributed by atoms with E-state index >= 15 is 0 Å². The third-order valence-electron chi connectivity index (χ3n) is 4.98. The predicted octanol–water partition coefficient (Wildman–Crippen LogP) is 3.45. The molecule has 0 saturated heterocycles. The first kappa shape index (κ1) is 16.7. The molecule has 24 heavy (non-hydrogen) atoms. The molecule has 128 valence electrons. The molecular weight excluding hydrogens is 300 g/mol. The van der Waals surface area contributed by atoms with E-state index in [2.05, 4.69) is 36.1 Å². The summed E-state index contributed by atoms with van der Waals surface area (Å²) in [7, 11) is 3.38. The highest BCUT2D eigenvalue weighted by Crippen LogP contribution is 2.37. The van der Waals surface area contributed by atoms with Crippen molar-refractivity contribution in [1.82, 2.24) is 4.90 Å². The van der Waals surface area contributed by atoms with Gasteiger partial charge in [-0.05, 0) is 60.7 Å².